The van der Waals surface area contributed by atoms with E-state index in [2.05, 4.69) is 74.9 Å². The summed E-state index contributed by atoms with van der Waals surface area (Å²) < 4.78 is 8.61. The van der Waals surface area contributed by atoms with Crippen LogP contribution < -0.4 is 15.0 Å². The van der Waals surface area contributed by atoms with E-state index in [0.717, 1.165) is 45.3 Å². The molecule has 32 heavy (non-hydrogen) atoms. The van der Waals surface area contributed by atoms with Crippen LogP contribution in [0.1, 0.15) is 28.8 Å². The molecule has 2 aliphatic heterocycles. The van der Waals surface area contributed by atoms with Gasteiger partial charge in [-0.2, -0.15) is 10.1 Å². The smallest absolute Gasteiger partial charge is 0.226 e. The fraction of sp³-hybridized carbons (Fsp3) is 0.154. The van der Waals surface area contributed by atoms with Gasteiger partial charge in [0.05, 0.1) is 5.70 Å². The van der Waals surface area contributed by atoms with Gasteiger partial charge in [0.1, 0.15) is 24.2 Å². The lowest BCUT2D eigenvalue weighted by Gasteiger charge is -2.39. The number of hydrogen-bond acceptors (Lipinski definition) is 5. The second kappa shape index (κ2) is 7.27. The lowest BCUT2D eigenvalue weighted by Crippen LogP contribution is -2.32. The summed E-state index contributed by atoms with van der Waals surface area (Å²) in [5.74, 6) is 1.59. The number of para-hydroxylation sites is 1. The Bertz CT molecular complexity index is 1310. The molecule has 0 bridgehead atoms. The van der Waals surface area contributed by atoms with E-state index in [1.807, 2.05) is 43.0 Å². The minimum atomic E-state index is -0.258. The van der Waals surface area contributed by atoms with Crippen LogP contribution in [0.2, 0.25) is 0 Å². The summed E-state index contributed by atoms with van der Waals surface area (Å²) in [6.07, 6.45) is 1.34. The molecule has 0 radical (unpaired) electrons. The molecule has 4 aromatic rings. The molecular formula is C26H23N5O. The van der Waals surface area contributed by atoms with Gasteiger partial charge in [0, 0.05) is 30.9 Å². The minimum absolute atomic E-state index is 0.128. The van der Waals surface area contributed by atoms with Gasteiger partial charge < -0.3 is 15.0 Å². The summed E-state index contributed by atoms with van der Waals surface area (Å²) in [5.41, 5.74) is 6.61. The van der Waals surface area contributed by atoms with E-state index in [-0.39, 0.29) is 12.1 Å². The van der Waals surface area contributed by atoms with Gasteiger partial charge in [-0.25, -0.2) is 4.68 Å². The topological polar surface area (TPSA) is 55.2 Å². The first-order chi connectivity index (χ1) is 15.7. The molecule has 6 nitrogen and oxygen atoms in total. The predicted molar refractivity (Wildman–Crippen MR) is 126 cm³/mol. The molecule has 1 aromatic heterocycles. The number of aromatic nitrogens is 3. The highest BCUT2D eigenvalue weighted by atomic mass is 16.5. The maximum atomic E-state index is 6.66. The molecule has 6 rings (SSSR count). The van der Waals surface area contributed by atoms with Crippen LogP contribution in [0, 0.1) is 0 Å². The Balaban J connectivity index is 1.58. The average molecular weight is 422 g/mol. The van der Waals surface area contributed by atoms with Crippen molar-refractivity contribution in [2.75, 3.05) is 24.3 Å². The number of benzene rings is 3. The van der Waals surface area contributed by atoms with Crippen LogP contribution in [0.25, 0.3) is 5.70 Å². The van der Waals surface area contributed by atoms with Gasteiger partial charge in [0.15, 0.2) is 0 Å². The molecule has 0 saturated carbocycles. The molecule has 158 valence electrons. The van der Waals surface area contributed by atoms with Gasteiger partial charge in [-0.05, 0) is 35.4 Å². The zero-order chi connectivity index (χ0) is 21.7. The molecule has 3 aromatic carbocycles. The molecule has 0 saturated heterocycles. The predicted octanol–water partition coefficient (Wildman–Crippen LogP) is 4.90. The molecule has 2 atom stereocenters. The maximum absolute atomic E-state index is 6.66. The number of ether oxygens (including phenoxy) is 1. The first kappa shape index (κ1) is 18.7. The number of anilines is 2. The van der Waals surface area contributed by atoms with Crippen LogP contribution in [-0.2, 0) is 0 Å². The monoisotopic (exact) mass is 421 g/mol. The molecule has 1 N–H and O–H groups in total. The fourth-order valence-corrected chi connectivity index (χ4v) is 4.60. The average Bonchev–Trinajstić information content (AvgIpc) is 3.31. The number of fused-ring (bicyclic) bond motifs is 3. The Hall–Kier alpha value is -4.06. The van der Waals surface area contributed by atoms with Crippen LogP contribution in [0.3, 0.4) is 0 Å². The van der Waals surface area contributed by atoms with Crippen molar-refractivity contribution in [1.82, 2.24) is 14.8 Å². The van der Waals surface area contributed by atoms with Crippen molar-refractivity contribution in [1.29, 1.82) is 0 Å². The Morgan fingerprint density at radius 2 is 1.62 bits per heavy atom. The van der Waals surface area contributed by atoms with E-state index in [1.54, 1.807) is 6.33 Å². The van der Waals surface area contributed by atoms with Crippen LogP contribution in [0.4, 0.5) is 11.6 Å². The molecule has 0 spiro atoms. The van der Waals surface area contributed by atoms with E-state index in [4.69, 9.17) is 4.74 Å². The lowest BCUT2D eigenvalue weighted by molar-refractivity contribution is 0.223. The highest BCUT2D eigenvalue weighted by Gasteiger charge is 2.40. The highest BCUT2D eigenvalue weighted by molar-refractivity contribution is 5.85. The fourth-order valence-electron chi connectivity index (χ4n) is 4.60. The normalized spacial score (nSPS) is 18.7. The van der Waals surface area contributed by atoms with E-state index < -0.39 is 0 Å². The SMILES string of the molecule is CN(C)c1ccc([C@H]2Oc3ccccc3C3=C2[C@@H](c2ccccc2)n2ncnc2N3)cc1. The lowest BCUT2D eigenvalue weighted by atomic mass is 9.84. The van der Waals surface area contributed by atoms with E-state index >= 15 is 0 Å². The van der Waals surface area contributed by atoms with E-state index in [9.17, 15) is 0 Å². The Morgan fingerprint density at radius 1 is 0.875 bits per heavy atom. The summed E-state index contributed by atoms with van der Waals surface area (Å²) in [6.45, 7) is 0. The van der Waals surface area contributed by atoms with E-state index in [0.29, 0.717) is 0 Å². The second-order valence-electron chi connectivity index (χ2n) is 8.28. The van der Waals surface area contributed by atoms with Crippen molar-refractivity contribution < 1.29 is 4.74 Å². The summed E-state index contributed by atoms with van der Waals surface area (Å²) in [5, 5.41) is 8.12. The van der Waals surface area contributed by atoms with Gasteiger partial charge in [0.2, 0.25) is 5.95 Å². The molecule has 0 unspecified atom stereocenters. The summed E-state index contributed by atoms with van der Waals surface area (Å²) in [6, 6.07) is 27.0. The van der Waals surface area contributed by atoms with Gasteiger partial charge >= 0.3 is 0 Å². The van der Waals surface area contributed by atoms with Crippen molar-refractivity contribution >= 4 is 17.3 Å². The second-order valence-corrected chi connectivity index (χ2v) is 8.28. The molecule has 0 fully saturated rings. The summed E-state index contributed by atoms with van der Waals surface area (Å²) >= 11 is 0. The zero-order valence-corrected chi connectivity index (χ0v) is 17.9. The molecular weight excluding hydrogens is 398 g/mol. The third-order valence-electron chi connectivity index (χ3n) is 6.15. The van der Waals surface area contributed by atoms with Crippen LogP contribution in [0.15, 0.2) is 90.8 Å². The van der Waals surface area contributed by atoms with Gasteiger partial charge in [-0.1, -0.05) is 54.6 Å². The van der Waals surface area contributed by atoms with Gasteiger partial charge in [-0.3, -0.25) is 0 Å². The summed E-state index contributed by atoms with van der Waals surface area (Å²) in [4.78, 5) is 6.58. The Morgan fingerprint density at radius 3 is 2.41 bits per heavy atom. The maximum Gasteiger partial charge on any atom is 0.226 e. The number of nitrogens with zero attached hydrogens (tertiary/aromatic N) is 4. The zero-order valence-electron chi connectivity index (χ0n) is 17.9. The van der Waals surface area contributed by atoms with Crippen molar-refractivity contribution in [3.05, 3.63) is 107 Å². The first-order valence-electron chi connectivity index (χ1n) is 10.7. The van der Waals surface area contributed by atoms with Gasteiger partial charge in [0.25, 0.3) is 0 Å². The van der Waals surface area contributed by atoms with Crippen molar-refractivity contribution in [3.8, 4) is 5.75 Å². The Labute approximate surface area is 186 Å². The largest absolute Gasteiger partial charge is 0.480 e. The van der Waals surface area contributed by atoms with E-state index in [1.165, 1.54) is 0 Å². The summed E-state index contributed by atoms with van der Waals surface area (Å²) in [7, 11) is 4.09. The molecule has 3 heterocycles. The standard InChI is InChI=1S/C26H23N5O/c1-30(2)19-14-12-18(13-15-19)25-22-23(20-10-6-7-11-21(20)32-25)29-26-27-16-28-31(26)24(22)17-8-4-3-5-9-17/h3-16,24-25H,1-2H3,(H,27,28,29)/t24-,25-/m1/s1. The van der Waals surface area contributed by atoms with Crippen molar-refractivity contribution in [2.45, 2.75) is 12.1 Å². The van der Waals surface area contributed by atoms with Crippen molar-refractivity contribution in [3.63, 3.8) is 0 Å². The molecule has 6 heteroatoms. The van der Waals surface area contributed by atoms with Crippen molar-refractivity contribution in [2.24, 2.45) is 0 Å². The van der Waals surface area contributed by atoms with Crippen LogP contribution in [0.5, 0.6) is 5.75 Å². The number of nitrogens with one attached hydrogen (secondary N) is 1. The molecule has 2 aliphatic rings. The third-order valence-corrected chi connectivity index (χ3v) is 6.15. The molecule has 0 amide bonds. The van der Waals surface area contributed by atoms with Crippen LogP contribution in [-0.4, -0.2) is 28.9 Å². The number of rotatable bonds is 3. The highest BCUT2D eigenvalue weighted by Crippen LogP contribution is 2.50. The Kier molecular flexibility index (Phi) is 4.24. The third kappa shape index (κ3) is 2.87. The number of hydrogen-bond donors (Lipinski definition) is 1. The van der Waals surface area contributed by atoms with Crippen LogP contribution >= 0.6 is 0 Å². The minimum Gasteiger partial charge on any atom is -0.480 e. The van der Waals surface area contributed by atoms with Gasteiger partial charge in [-0.15, -0.1) is 0 Å². The molecule has 0 aliphatic carbocycles. The first-order valence-corrected chi connectivity index (χ1v) is 10.7. The quantitative estimate of drug-likeness (QED) is 0.510.